The molecule has 1 rings (SSSR count). The third-order valence-electron chi connectivity index (χ3n) is 2.98. The molecule has 1 saturated carbocycles. The Morgan fingerprint density at radius 1 is 1.54 bits per heavy atom. The van der Waals surface area contributed by atoms with E-state index in [4.69, 9.17) is 5.11 Å². The summed E-state index contributed by atoms with van der Waals surface area (Å²) in [5.74, 6) is 0.429. The number of carbonyl (C=O) groups is 1. The highest BCUT2D eigenvalue weighted by Crippen LogP contribution is 2.26. The first-order chi connectivity index (χ1) is 6.16. The van der Waals surface area contributed by atoms with Gasteiger partial charge in [-0.2, -0.15) is 0 Å². The maximum atomic E-state index is 11.8. The van der Waals surface area contributed by atoms with Crippen molar-refractivity contribution >= 4 is 5.91 Å². The molecule has 0 saturated heterocycles. The molecule has 13 heavy (non-hydrogen) atoms. The SMILES string of the molecule is CC(CO)N(C)C(=O)C1CCCC1. The van der Waals surface area contributed by atoms with E-state index in [-0.39, 0.29) is 24.5 Å². The quantitative estimate of drug-likeness (QED) is 0.713. The number of hydrogen-bond donors (Lipinski definition) is 1. The lowest BCUT2D eigenvalue weighted by molar-refractivity contribution is -0.136. The second-order valence-electron chi connectivity index (χ2n) is 3.96. The molecule has 0 heterocycles. The van der Waals surface area contributed by atoms with Gasteiger partial charge in [0.25, 0.3) is 0 Å². The molecule has 1 atom stereocenters. The third kappa shape index (κ3) is 2.44. The largest absolute Gasteiger partial charge is 0.394 e. The molecular formula is C10H19NO2. The number of hydrogen-bond acceptors (Lipinski definition) is 2. The summed E-state index contributed by atoms with van der Waals surface area (Å²) < 4.78 is 0. The minimum absolute atomic E-state index is 0.0481. The van der Waals surface area contributed by atoms with Gasteiger partial charge < -0.3 is 10.0 Å². The Bertz CT molecular complexity index is 176. The van der Waals surface area contributed by atoms with E-state index in [1.54, 1.807) is 11.9 Å². The van der Waals surface area contributed by atoms with Crippen LogP contribution >= 0.6 is 0 Å². The number of likely N-dealkylation sites (N-methyl/N-ethyl adjacent to an activating group) is 1. The average Bonchev–Trinajstić information content (AvgIpc) is 2.67. The lowest BCUT2D eigenvalue weighted by Gasteiger charge is -2.25. The fraction of sp³-hybridized carbons (Fsp3) is 0.900. The molecule has 0 aromatic heterocycles. The predicted octanol–water partition coefficient (Wildman–Crippen LogP) is 1.02. The van der Waals surface area contributed by atoms with Crippen molar-refractivity contribution in [2.45, 2.75) is 38.6 Å². The molecule has 1 amide bonds. The van der Waals surface area contributed by atoms with Crippen LogP contribution in [0.2, 0.25) is 0 Å². The zero-order valence-electron chi connectivity index (χ0n) is 8.49. The van der Waals surface area contributed by atoms with Gasteiger partial charge in [-0.1, -0.05) is 12.8 Å². The van der Waals surface area contributed by atoms with Crippen molar-refractivity contribution in [3.8, 4) is 0 Å². The third-order valence-corrected chi connectivity index (χ3v) is 2.98. The van der Waals surface area contributed by atoms with Crippen molar-refractivity contribution < 1.29 is 9.90 Å². The molecule has 0 aliphatic heterocycles. The van der Waals surface area contributed by atoms with Gasteiger partial charge in [-0.15, -0.1) is 0 Å². The summed E-state index contributed by atoms with van der Waals surface area (Å²) in [6, 6.07) is -0.0481. The van der Waals surface area contributed by atoms with Crippen LogP contribution in [0.1, 0.15) is 32.6 Å². The number of carbonyl (C=O) groups excluding carboxylic acids is 1. The highest BCUT2D eigenvalue weighted by Gasteiger charge is 2.27. The van der Waals surface area contributed by atoms with E-state index in [0.717, 1.165) is 12.8 Å². The fourth-order valence-electron chi connectivity index (χ4n) is 1.80. The van der Waals surface area contributed by atoms with Crippen molar-refractivity contribution in [1.82, 2.24) is 4.90 Å². The maximum Gasteiger partial charge on any atom is 0.225 e. The van der Waals surface area contributed by atoms with Crippen molar-refractivity contribution in [2.24, 2.45) is 5.92 Å². The van der Waals surface area contributed by atoms with Gasteiger partial charge in [0.05, 0.1) is 12.6 Å². The minimum atomic E-state index is -0.0481. The smallest absolute Gasteiger partial charge is 0.225 e. The Kier molecular flexibility index (Phi) is 3.72. The van der Waals surface area contributed by atoms with Crippen molar-refractivity contribution in [3.63, 3.8) is 0 Å². The summed E-state index contributed by atoms with van der Waals surface area (Å²) in [7, 11) is 1.78. The molecule has 1 N–H and O–H groups in total. The van der Waals surface area contributed by atoms with Crippen LogP contribution in [0.5, 0.6) is 0 Å². The maximum absolute atomic E-state index is 11.8. The molecule has 1 aliphatic rings. The normalized spacial score (nSPS) is 20.2. The summed E-state index contributed by atoms with van der Waals surface area (Å²) in [5.41, 5.74) is 0. The zero-order valence-corrected chi connectivity index (χ0v) is 8.49. The van der Waals surface area contributed by atoms with Crippen molar-refractivity contribution in [2.75, 3.05) is 13.7 Å². The molecule has 0 aromatic rings. The Labute approximate surface area is 79.7 Å². The van der Waals surface area contributed by atoms with E-state index in [0.29, 0.717) is 0 Å². The van der Waals surface area contributed by atoms with Crippen LogP contribution in [-0.2, 0) is 4.79 Å². The fourth-order valence-corrected chi connectivity index (χ4v) is 1.80. The number of aliphatic hydroxyl groups is 1. The van der Waals surface area contributed by atoms with E-state index in [1.807, 2.05) is 6.92 Å². The molecule has 76 valence electrons. The van der Waals surface area contributed by atoms with Crippen molar-refractivity contribution in [1.29, 1.82) is 0 Å². The Balaban J connectivity index is 2.45. The van der Waals surface area contributed by atoms with E-state index in [2.05, 4.69) is 0 Å². The lowest BCUT2D eigenvalue weighted by Crippen LogP contribution is -2.40. The van der Waals surface area contributed by atoms with Gasteiger partial charge in [0.2, 0.25) is 5.91 Å². The van der Waals surface area contributed by atoms with Crippen molar-refractivity contribution in [3.05, 3.63) is 0 Å². The molecule has 3 nitrogen and oxygen atoms in total. The summed E-state index contributed by atoms with van der Waals surface area (Å²) >= 11 is 0. The molecule has 0 bridgehead atoms. The lowest BCUT2D eigenvalue weighted by atomic mass is 10.1. The van der Waals surface area contributed by atoms with Crippen LogP contribution < -0.4 is 0 Å². The molecular weight excluding hydrogens is 166 g/mol. The molecule has 3 heteroatoms. The van der Waals surface area contributed by atoms with E-state index in [9.17, 15) is 4.79 Å². The van der Waals surface area contributed by atoms with Gasteiger partial charge in [-0.3, -0.25) is 4.79 Å². The standard InChI is InChI=1S/C10H19NO2/c1-8(7-12)11(2)10(13)9-5-3-4-6-9/h8-9,12H,3-7H2,1-2H3. The average molecular weight is 185 g/mol. The van der Waals surface area contributed by atoms with Crippen LogP contribution in [0.15, 0.2) is 0 Å². The van der Waals surface area contributed by atoms with E-state index in [1.165, 1.54) is 12.8 Å². The van der Waals surface area contributed by atoms with Gasteiger partial charge in [0.1, 0.15) is 0 Å². The van der Waals surface area contributed by atoms with Gasteiger partial charge >= 0.3 is 0 Å². The molecule has 1 fully saturated rings. The molecule has 0 spiro atoms. The second-order valence-corrected chi connectivity index (χ2v) is 3.96. The summed E-state index contributed by atoms with van der Waals surface area (Å²) in [6.07, 6.45) is 4.41. The monoisotopic (exact) mass is 185 g/mol. The molecule has 0 aromatic carbocycles. The second kappa shape index (κ2) is 4.61. The van der Waals surface area contributed by atoms with Crippen LogP contribution in [0, 0.1) is 5.92 Å². The summed E-state index contributed by atoms with van der Waals surface area (Å²) in [5, 5.41) is 8.90. The minimum Gasteiger partial charge on any atom is -0.394 e. The zero-order chi connectivity index (χ0) is 9.84. The molecule has 0 radical (unpaired) electrons. The Morgan fingerprint density at radius 2 is 2.08 bits per heavy atom. The van der Waals surface area contributed by atoms with Crippen LogP contribution in [0.4, 0.5) is 0 Å². The van der Waals surface area contributed by atoms with Gasteiger partial charge in [0, 0.05) is 13.0 Å². The molecule has 1 aliphatic carbocycles. The molecule has 1 unspecified atom stereocenters. The predicted molar refractivity (Wildman–Crippen MR) is 51.3 cm³/mol. The number of amides is 1. The highest BCUT2D eigenvalue weighted by atomic mass is 16.3. The Morgan fingerprint density at radius 3 is 2.54 bits per heavy atom. The summed E-state index contributed by atoms with van der Waals surface area (Å²) in [4.78, 5) is 13.4. The van der Waals surface area contributed by atoms with E-state index >= 15 is 0 Å². The van der Waals surface area contributed by atoms with Crippen LogP contribution in [-0.4, -0.2) is 35.6 Å². The number of nitrogens with zero attached hydrogens (tertiary/aromatic N) is 1. The van der Waals surface area contributed by atoms with Crippen LogP contribution in [0.25, 0.3) is 0 Å². The topological polar surface area (TPSA) is 40.5 Å². The number of aliphatic hydroxyl groups excluding tert-OH is 1. The van der Waals surface area contributed by atoms with Gasteiger partial charge in [0.15, 0.2) is 0 Å². The first kappa shape index (κ1) is 10.5. The highest BCUT2D eigenvalue weighted by molar-refractivity contribution is 5.79. The Hall–Kier alpha value is -0.570. The van der Waals surface area contributed by atoms with Gasteiger partial charge in [-0.25, -0.2) is 0 Å². The van der Waals surface area contributed by atoms with Gasteiger partial charge in [-0.05, 0) is 19.8 Å². The first-order valence-electron chi connectivity index (χ1n) is 5.04. The number of rotatable bonds is 3. The first-order valence-corrected chi connectivity index (χ1v) is 5.04. The summed E-state index contributed by atoms with van der Waals surface area (Å²) in [6.45, 7) is 1.92. The van der Waals surface area contributed by atoms with Crippen LogP contribution in [0.3, 0.4) is 0 Å². The van der Waals surface area contributed by atoms with E-state index < -0.39 is 0 Å².